The normalized spacial score (nSPS) is 18.5. The van der Waals surface area contributed by atoms with E-state index in [-0.39, 0.29) is 46.5 Å². The Morgan fingerprint density at radius 1 is 1.38 bits per heavy atom. The number of hydrogen-bond donors (Lipinski definition) is 5. The number of oxime groups is 1. The maximum Gasteiger partial charge on any atom is 0.362 e. The zero-order valence-electron chi connectivity index (χ0n) is 17.6. The number of nitrogen functional groups attached to an aromatic ring is 2. The number of carbonyl (C=O) groups excluding carboxylic acids is 2. The summed E-state index contributed by atoms with van der Waals surface area (Å²) in [5, 5.41) is 16.9. The molecule has 17 heteroatoms. The molecule has 34 heavy (non-hydrogen) atoms. The number of hydrogen-bond acceptors (Lipinski definition) is 12. The molecule has 0 aliphatic carbocycles. The minimum absolute atomic E-state index is 0.0172. The molecule has 3 rings (SSSR count). The molecule has 2 aromatic heterocycles. The molecule has 1 saturated heterocycles. The third-order valence-corrected chi connectivity index (χ3v) is 7.13. The van der Waals surface area contributed by atoms with Crippen LogP contribution in [0.4, 0.5) is 5.13 Å². The lowest BCUT2D eigenvalue weighted by Gasteiger charge is -2.42. The Morgan fingerprint density at radius 3 is 2.68 bits per heavy atom. The number of nitrogens with zero attached hydrogens (tertiary/aromatic N) is 3. The van der Waals surface area contributed by atoms with Gasteiger partial charge in [-0.15, -0.1) is 22.7 Å². The minimum Gasteiger partial charge on any atom is -0.393 e. The number of β-lactam (4-membered cyclic amide) rings is 1. The summed E-state index contributed by atoms with van der Waals surface area (Å²) in [5.74, 6) is -1.87. The highest BCUT2D eigenvalue weighted by Crippen LogP contribution is 2.23. The van der Waals surface area contributed by atoms with Gasteiger partial charge in [-0.3, -0.25) is 19.6 Å². The summed E-state index contributed by atoms with van der Waals surface area (Å²) >= 11 is 2.45. The Hall–Kier alpha value is -3.12. The maximum absolute atomic E-state index is 12.7. The molecule has 0 radical (unpaired) electrons. The van der Waals surface area contributed by atoms with Crippen LogP contribution in [0.15, 0.2) is 22.0 Å². The third-order valence-electron chi connectivity index (χ3n) is 4.53. The van der Waals surface area contributed by atoms with E-state index in [0.29, 0.717) is 5.56 Å². The van der Waals surface area contributed by atoms with Crippen molar-refractivity contribution in [1.82, 2.24) is 14.6 Å². The molecule has 3 heterocycles. The van der Waals surface area contributed by atoms with Gasteiger partial charge in [-0.1, -0.05) is 5.16 Å². The van der Waals surface area contributed by atoms with E-state index in [9.17, 15) is 18.0 Å². The van der Waals surface area contributed by atoms with Crippen LogP contribution in [-0.2, 0) is 36.1 Å². The van der Waals surface area contributed by atoms with E-state index >= 15 is 0 Å². The van der Waals surface area contributed by atoms with E-state index in [1.165, 1.54) is 23.6 Å². The fourth-order valence-electron chi connectivity index (χ4n) is 2.89. The van der Waals surface area contributed by atoms with Gasteiger partial charge in [0.15, 0.2) is 10.8 Å². The fraction of sp³-hybridized carbons (Fsp3) is 0.353. The summed E-state index contributed by atoms with van der Waals surface area (Å²) in [4.78, 5) is 34.8. The van der Waals surface area contributed by atoms with Crippen LogP contribution in [0, 0.1) is 5.41 Å². The van der Waals surface area contributed by atoms with Gasteiger partial charge in [-0.05, 0) is 13.0 Å². The van der Waals surface area contributed by atoms with Crippen molar-refractivity contribution in [3.63, 3.8) is 0 Å². The number of rotatable bonds is 11. The number of ether oxygens (including phenoxy) is 1. The summed E-state index contributed by atoms with van der Waals surface area (Å²) < 4.78 is 37.3. The van der Waals surface area contributed by atoms with Crippen LogP contribution < -0.4 is 16.8 Å². The van der Waals surface area contributed by atoms with Crippen LogP contribution in [0.3, 0.4) is 0 Å². The highest BCUT2D eigenvalue weighted by atomic mass is 32.2. The van der Waals surface area contributed by atoms with Crippen molar-refractivity contribution >= 4 is 61.5 Å². The van der Waals surface area contributed by atoms with Crippen molar-refractivity contribution < 1.29 is 32.1 Å². The third kappa shape index (κ3) is 5.86. The van der Waals surface area contributed by atoms with Gasteiger partial charge in [-0.2, -0.15) is 8.42 Å². The highest BCUT2D eigenvalue weighted by Gasteiger charge is 2.51. The van der Waals surface area contributed by atoms with Crippen LogP contribution in [0.1, 0.15) is 23.1 Å². The molecule has 2 atom stereocenters. The molecule has 0 bridgehead atoms. The van der Waals surface area contributed by atoms with Crippen LogP contribution in [-0.4, -0.2) is 70.9 Å². The number of thiophene rings is 1. The number of amidine groups is 1. The molecular weight excluding hydrogens is 510 g/mol. The molecular formula is C17H21N7O7S3. The molecule has 1 fully saturated rings. The number of carbonyl (C=O) groups is 2. The SMILES string of the molecule is C[C@H]1[C@H](NC(=O)/C(=N\OCCOCc2cc(C(=N)N)cs2)c2csc(N)n2)C(=O)N1S(=O)(=O)O. The van der Waals surface area contributed by atoms with Crippen molar-refractivity contribution in [2.24, 2.45) is 10.9 Å². The first-order valence-electron chi connectivity index (χ1n) is 9.51. The smallest absolute Gasteiger partial charge is 0.362 e. The summed E-state index contributed by atoms with van der Waals surface area (Å²) in [6.45, 7) is 1.73. The van der Waals surface area contributed by atoms with E-state index < -0.39 is 34.2 Å². The molecule has 184 valence electrons. The van der Waals surface area contributed by atoms with E-state index in [1.54, 1.807) is 11.4 Å². The first-order chi connectivity index (χ1) is 16.0. The molecule has 1 aliphatic heterocycles. The molecule has 7 N–H and O–H groups in total. The summed E-state index contributed by atoms with van der Waals surface area (Å²) in [5.41, 5.74) is 11.5. The molecule has 0 spiro atoms. The Morgan fingerprint density at radius 2 is 2.12 bits per heavy atom. The average molecular weight is 532 g/mol. The van der Waals surface area contributed by atoms with Gasteiger partial charge in [0, 0.05) is 21.2 Å². The predicted molar refractivity (Wildman–Crippen MR) is 124 cm³/mol. The molecule has 1 aliphatic rings. The average Bonchev–Trinajstić information content (AvgIpc) is 3.39. The van der Waals surface area contributed by atoms with Gasteiger partial charge in [0.2, 0.25) is 0 Å². The van der Waals surface area contributed by atoms with Crippen molar-refractivity contribution in [3.8, 4) is 0 Å². The second-order valence-electron chi connectivity index (χ2n) is 6.92. The van der Waals surface area contributed by atoms with E-state index in [0.717, 1.165) is 16.2 Å². The predicted octanol–water partition coefficient (Wildman–Crippen LogP) is -0.473. The van der Waals surface area contributed by atoms with E-state index in [4.69, 9.17) is 31.0 Å². The van der Waals surface area contributed by atoms with Crippen LogP contribution in [0.2, 0.25) is 0 Å². The Bertz CT molecular complexity index is 1220. The second kappa shape index (κ2) is 10.4. The number of amides is 2. The fourth-order valence-corrected chi connectivity index (χ4v) is 5.14. The zero-order chi connectivity index (χ0) is 25.0. The van der Waals surface area contributed by atoms with Crippen molar-refractivity contribution in [2.45, 2.75) is 25.6 Å². The molecule has 2 amide bonds. The second-order valence-corrected chi connectivity index (χ2v) is 10.1. The quantitative estimate of drug-likeness (QED) is 0.0625. The molecule has 14 nitrogen and oxygen atoms in total. The zero-order valence-corrected chi connectivity index (χ0v) is 20.1. The Balaban J connectivity index is 1.57. The standard InChI is InChI=1S/C17H21N7O7S3/c1-8-12(16(26)24(8)34(27,28)29)22-15(25)13(11-7-33-17(20)21-11)23-31-3-2-30-5-10-4-9(6-32-10)14(18)19/h4,6-8,12H,2-3,5H2,1H3,(H3,18,19)(H2,20,21)(H,22,25)(H,27,28,29)/b23-13-/t8-,12-/m0/s1. The highest BCUT2D eigenvalue weighted by molar-refractivity contribution is 7.84. The first-order valence-corrected chi connectivity index (χ1v) is 12.7. The van der Waals surface area contributed by atoms with Gasteiger partial charge in [-0.25, -0.2) is 9.29 Å². The van der Waals surface area contributed by atoms with Crippen molar-refractivity contribution in [2.75, 3.05) is 18.9 Å². The Kier molecular flexibility index (Phi) is 7.82. The topological polar surface area (TPSA) is 223 Å². The minimum atomic E-state index is -4.73. The molecule has 0 saturated carbocycles. The lowest BCUT2D eigenvalue weighted by atomic mass is 10.0. The largest absolute Gasteiger partial charge is 0.393 e. The van der Waals surface area contributed by atoms with Gasteiger partial charge < -0.3 is 26.4 Å². The van der Waals surface area contributed by atoms with Crippen LogP contribution >= 0.6 is 22.7 Å². The number of thiazole rings is 1. The lowest BCUT2D eigenvalue weighted by molar-refractivity contribution is -0.143. The van der Waals surface area contributed by atoms with Crippen LogP contribution in [0.5, 0.6) is 0 Å². The summed E-state index contributed by atoms with van der Waals surface area (Å²) in [7, 11) is -4.73. The van der Waals surface area contributed by atoms with Gasteiger partial charge in [0.05, 0.1) is 19.3 Å². The molecule has 0 unspecified atom stereocenters. The lowest BCUT2D eigenvalue weighted by Crippen LogP contribution is -2.71. The number of anilines is 1. The maximum atomic E-state index is 12.7. The number of aromatic nitrogens is 1. The summed E-state index contributed by atoms with van der Waals surface area (Å²) in [6, 6.07) is -0.444. The number of nitrogens with two attached hydrogens (primary N) is 2. The van der Waals surface area contributed by atoms with Gasteiger partial charge in [0.1, 0.15) is 24.2 Å². The molecule has 0 aromatic carbocycles. The van der Waals surface area contributed by atoms with Crippen molar-refractivity contribution in [3.05, 3.63) is 33.0 Å². The van der Waals surface area contributed by atoms with E-state index in [1.807, 2.05) is 0 Å². The number of nitrogens with one attached hydrogen (secondary N) is 2. The van der Waals surface area contributed by atoms with Crippen molar-refractivity contribution in [1.29, 1.82) is 5.41 Å². The molecule has 2 aromatic rings. The van der Waals surface area contributed by atoms with Crippen LogP contribution in [0.25, 0.3) is 0 Å². The monoisotopic (exact) mass is 531 g/mol. The summed E-state index contributed by atoms with van der Waals surface area (Å²) in [6.07, 6.45) is 0. The van der Waals surface area contributed by atoms with Gasteiger partial charge in [0.25, 0.3) is 11.8 Å². The van der Waals surface area contributed by atoms with E-state index in [2.05, 4.69) is 15.5 Å². The Labute approximate surface area is 201 Å². The van der Waals surface area contributed by atoms with Gasteiger partial charge >= 0.3 is 10.3 Å². The first kappa shape index (κ1) is 25.5.